The van der Waals surface area contributed by atoms with E-state index in [1.807, 2.05) is 120 Å². The van der Waals surface area contributed by atoms with Crippen LogP contribution in [0.2, 0.25) is 0 Å². The molecule has 0 saturated heterocycles. The molecule has 21 heteroatoms. The van der Waals surface area contributed by atoms with Gasteiger partial charge < -0.3 is 29.0 Å². The Hall–Kier alpha value is -6.88. The second-order valence-corrected chi connectivity index (χ2v) is 23.6. The summed E-state index contributed by atoms with van der Waals surface area (Å²) in [6.45, 7) is 8.25. The summed E-state index contributed by atoms with van der Waals surface area (Å²) in [4.78, 5) is 42.1. The molecular formula is C53H48N10O6S5. The van der Waals surface area contributed by atoms with Crippen molar-refractivity contribution >= 4 is 92.9 Å². The highest BCUT2D eigenvalue weighted by Crippen LogP contribution is 2.49. The topological polar surface area (TPSA) is 177 Å². The van der Waals surface area contributed by atoms with Gasteiger partial charge in [-0.1, -0.05) is 72.1 Å². The van der Waals surface area contributed by atoms with E-state index in [1.54, 1.807) is 41.8 Å². The number of aliphatic hydroxyl groups excluding tert-OH is 1. The molecule has 4 aromatic carbocycles. The maximum absolute atomic E-state index is 13.4. The number of aryl methyl sites for hydroxylation is 1. The first kappa shape index (κ1) is 48.1. The highest BCUT2D eigenvalue weighted by atomic mass is 32.1. The first-order chi connectivity index (χ1) is 35.9. The molecule has 11 aromatic rings. The minimum atomic E-state index is -0.740. The molecule has 1 saturated carbocycles. The van der Waals surface area contributed by atoms with Gasteiger partial charge in [-0.2, -0.15) is 10.2 Å². The highest BCUT2D eigenvalue weighted by molar-refractivity contribution is 7.22. The number of fused-ring (bicyclic) bond motifs is 4. The Morgan fingerprint density at radius 3 is 2.20 bits per heavy atom. The van der Waals surface area contributed by atoms with Crippen molar-refractivity contribution in [3.05, 3.63) is 123 Å². The Labute approximate surface area is 444 Å². The van der Waals surface area contributed by atoms with Gasteiger partial charge in [-0.05, 0) is 57.7 Å². The number of thiazole rings is 3. The molecule has 376 valence electrons. The molecule has 1 unspecified atom stereocenters. The molecule has 0 spiro atoms. The molecule has 1 aliphatic carbocycles. The van der Waals surface area contributed by atoms with Crippen LogP contribution in [0.4, 0.5) is 0 Å². The summed E-state index contributed by atoms with van der Waals surface area (Å²) < 4.78 is 31.5. The molecule has 0 radical (unpaired) electrons. The number of aliphatic hydroxyl groups is 1. The number of carbonyl (C=O) groups excluding carboxylic acids is 1. The van der Waals surface area contributed by atoms with Crippen LogP contribution >= 0.6 is 56.7 Å². The second kappa shape index (κ2) is 19.4. The van der Waals surface area contributed by atoms with Gasteiger partial charge in [-0.15, -0.1) is 34.0 Å². The molecule has 1 atom stereocenters. The summed E-state index contributed by atoms with van der Waals surface area (Å²) in [6.07, 6.45) is 6.29. The maximum Gasteiger partial charge on any atom is 0.254 e. The zero-order valence-corrected chi connectivity index (χ0v) is 45.1. The number of methoxy groups -OCH3 is 2. The average molecular weight is 1080 g/mol. The summed E-state index contributed by atoms with van der Waals surface area (Å²) in [5.74, 6) is 2.60. The Morgan fingerprint density at radius 1 is 0.797 bits per heavy atom. The van der Waals surface area contributed by atoms with Crippen molar-refractivity contribution in [3.8, 4) is 55.0 Å². The number of hydrogen-bond donors (Lipinski definition) is 1. The average Bonchev–Trinajstić information content (AvgIpc) is 4.12. The Balaban J connectivity index is 0.921. The van der Waals surface area contributed by atoms with Crippen molar-refractivity contribution in [1.82, 2.24) is 49.0 Å². The van der Waals surface area contributed by atoms with Gasteiger partial charge >= 0.3 is 0 Å². The lowest BCUT2D eigenvalue weighted by atomic mass is 9.98. The van der Waals surface area contributed by atoms with E-state index in [0.717, 1.165) is 81.1 Å². The summed E-state index contributed by atoms with van der Waals surface area (Å²) in [5.41, 5.74) is 6.03. The Bertz CT molecular complexity index is 3800. The highest BCUT2D eigenvalue weighted by Gasteiger charge is 2.32. The number of rotatable bonds is 17. The number of β-amino-alcohol motifs (C(OH)–C–C–N with tert-alkyl or cyclic N) is 1. The molecule has 7 heterocycles. The van der Waals surface area contributed by atoms with Gasteiger partial charge in [0.25, 0.3) is 5.91 Å². The summed E-state index contributed by atoms with van der Waals surface area (Å²) in [7, 11) is 3.27. The molecule has 12 rings (SSSR count). The van der Waals surface area contributed by atoms with Crippen LogP contribution in [0, 0.1) is 0 Å². The minimum Gasteiger partial charge on any atom is -0.497 e. The van der Waals surface area contributed by atoms with Crippen LogP contribution < -0.4 is 18.9 Å². The molecule has 0 bridgehead atoms. The predicted molar refractivity (Wildman–Crippen MR) is 292 cm³/mol. The first-order valence-electron chi connectivity index (χ1n) is 24.0. The third-order valence-electron chi connectivity index (χ3n) is 12.6. The number of amides is 1. The van der Waals surface area contributed by atoms with Crippen molar-refractivity contribution in [1.29, 1.82) is 0 Å². The molecule has 1 fully saturated rings. The zero-order valence-electron chi connectivity index (χ0n) is 41.1. The van der Waals surface area contributed by atoms with E-state index in [1.165, 1.54) is 34.0 Å². The molecule has 0 aliphatic heterocycles. The summed E-state index contributed by atoms with van der Waals surface area (Å²) in [6, 6.07) is 23.2. The predicted octanol–water partition coefficient (Wildman–Crippen LogP) is 12.0. The number of carbonyl (C=O) groups is 1. The fourth-order valence-corrected chi connectivity index (χ4v) is 13.4. The van der Waals surface area contributed by atoms with Gasteiger partial charge in [-0.3, -0.25) is 4.79 Å². The molecular weight excluding hydrogens is 1030 g/mol. The number of hydrogen-bond acceptors (Lipinski definition) is 18. The zero-order chi connectivity index (χ0) is 50.8. The van der Waals surface area contributed by atoms with E-state index in [4.69, 9.17) is 49.0 Å². The second-order valence-electron chi connectivity index (χ2n) is 18.7. The normalized spacial score (nSPS) is 13.4. The van der Waals surface area contributed by atoms with Crippen LogP contribution in [-0.4, -0.2) is 93.0 Å². The third-order valence-corrected chi connectivity index (χ3v) is 17.9. The smallest absolute Gasteiger partial charge is 0.254 e. The monoisotopic (exact) mass is 1080 g/mol. The molecule has 74 heavy (non-hydrogen) atoms. The molecule has 7 aromatic heterocycles. The lowest BCUT2D eigenvalue weighted by Gasteiger charge is -2.35. The molecule has 1 N–H and O–H groups in total. The number of nitrogens with zero attached hydrogens (tertiary/aromatic N) is 10. The molecule has 16 nitrogen and oxygen atoms in total. The quantitative estimate of drug-likeness (QED) is 0.0912. The lowest BCUT2D eigenvalue weighted by molar-refractivity contribution is 0.0527. The largest absolute Gasteiger partial charge is 0.497 e. The van der Waals surface area contributed by atoms with Gasteiger partial charge in [0.2, 0.25) is 9.92 Å². The summed E-state index contributed by atoms with van der Waals surface area (Å²) in [5, 5.41) is 25.5. The van der Waals surface area contributed by atoms with E-state index in [-0.39, 0.29) is 25.7 Å². The third kappa shape index (κ3) is 9.14. The summed E-state index contributed by atoms with van der Waals surface area (Å²) >= 11 is 7.67. The number of imidazole rings is 2. The number of ether oxygens (including phenoxy) is 4. The van der Waals surface area contributed by atoms with Crippen molar-refractivity contribution in [3.63, 3.8) is 0 Å². The van der Waals surface area contributed by atoms with Gasteiger partial charge in [0, 0.05) is 52.7 Å². The Kier molecular flexibility index (Phi) is 12.6. The van der Waals surface area contributed by atoms with Crippen LogP contribution in [0.25, 0.3) is 62.3 Å². The van der Waals surface area contributed by atoms with E-state index in [2.05, 4.69) is 12.0 Å². The fourth-order valence-electron chi connectivity index (χ4n) is 8.74. The lowest BCUT2D eigenvalue weighted by Crippen LogP contribution is -2.47. The van der Waals surface area contributed by atoms with E-state index in [9.17, 15) is 9.90 Å². The van der Waals surface area contributed by atoms with Crippen LogP contribution in [0.15, 0.2) is 90.6 Å². The van der Waals surface area contributed by atoms with Gasteiger partial charge in [0.05, 0.1) is 64.9 Å². The van der Waals surface area contributed by atoms with E-state index >= 15 is 0 Å². The van der Waals surface area contributed by atoms with Gasteiger partial charge in [0.1, 0.15) is 66.0 Å². The molecule has 1 aliphatic rings. The Morgan fingerprint density at radius 2 is 1.53 bits per heavy atom. The standard InChI is InChI=1S/C53H48N10O6S5/c1-7-40-59-62-24-35(56-51(62)71-40)48-55-34-21-33(66-5)22-39(44(34)72-48)69-43(28-11-9-8-10-12-28)41-37(67-6)23-38(45-42(41)58-49(73-45)36-25-63-52(57-36)74-47(60-63)30-13-14-30)68-26-32-27-70-46(54-32)29-15-17-31(18-16-29)50(65)61(19-20-64)53(2,3)4/h8-12,15-18,21-25,27,30,43,64H,7,13-14,19-20,26H2,1-6H3. The van der Waals surface area contributed by atoms with E-state index < -0.39 is 11.6 Å². The van der Waals surface area contributed by atoms with Crippen LogP contribution in [-0.2, 0) is 13.0 Å². The van der Waals surface area contributed by atoms with E-state index in [0.29, 0.717) is 61.8 Å². The van der Waals surface area contributed by atoms with Crippen LogP contribution in [0.3, 0.4) is 0 Å². The number of benzene rings is 4. The number of aromatic nitrogens is 9. The maximum atomic E-state index is 13.4. The first-order valence-corrected chi connectivity index (χ1v) is 28.1. The van der Waals surface area contributed by atoms with Gasteiger partial charge in [0.15, 0.2) is 6.10 Å². The fraction of sp³-hybridized carbons (Fsp3) is 0.283. The van der Waals surface area contributed by atoms with Crippen LogP contribution in [0.5, 0.6) is 23.0 Å². The van der Waals surface area contributed by atoms with Crippen LogP contribution in [0.1, 0.15) is 89.8 Å². The minimum absolute atomic E-state index is 0.115. The molecule has 1 amide bonds. The van der Waals surface area contributed by atoms with Gasteiger partial charge in [-0.25, -0.2) is 34.0 Å². The van der Waals surface area contributed by atoms with Crippen molar-refractivity contribution < 1.29 is 28.8 Å². The SMILES string of the molecule is CCc1nn2cc(-c3nc4cc(OC)cc(OC(c5ccccc5)c5c(OC)cc(OCc6csc(-c7ccc(C(=O)N(CCO)C(C)(C)C)cc7)n6)c6sc(-c7cn8nc(C9CC9)sc8n7)nc56)c4s3)nc2s1. The van der Waals surface area contributed by atoms with Crippen molar-refractivity contribution in [2.75, 3.05) is 27.4 Å². The van der Waals surface area contributed by atoms with Crippen molar-refractivity contribution in [2.45, 2.75) is 71.1 Å². The van der Waals surface area contributed by atoms with Crippen molar-refractivity contribution in [2.24, 2.45) is 0 Å².